The Kier molecular flexibility index (Phi) is 8.59. The zero-order chi connectivity index (χ0) is 25.5. The average Bonchev–Trinajstić information content (AvgIpc) is 3.34. The number of nitrogens with zero attached hydrogens (tertiary/aromatic N) is 3. The van der Waals surface area contributed by atoms with Crippen LogP contribution in [0.15, 0.2) is 47.0 Å². The minimum Gasteiger partial charge on any atom is -0.490 e. The molecule has 1 aromatic heterocycles. The maximum atomic E-state index is 13.0. The smallest absolute Gasteiger partial charge is 0.241 e. The van der Waals surface area contributed by atoms with Gasteiger partial charge in [0, 0.05) is 11.5 Å². The molecule has 36 heavy (non-hydrogen) atoms. The molecule has 3 aromatic rings. The molecular formula is C28H36N4O4. The summed E-state index contributed by atoms with van der Waals surface area (Å²) < 4.78 is 16.9. The molecule has 1 amide bonds. The van der Waals surface area contributed by atoms with Crippen molar-refractivity contribution in [3.63, 3.8) is 0 Å². The van der Waals surface area contributed by atoms with Gasteiger partial charge in [-0.3, -0.25) is 9.69 Å². The molecule has 8 heteroatoms. The number of carbonyl (C=O) groups excluding carboxylic acids is 1. The standard InChI is InChI=1S/C28H36N4O4/c1-5-34-24-11-10-22(17-25(24)35-6-2)20(4)29-28(33)21-12-14-32(15-13-21)18-26-30-27(31-36-26)23-9-7-8-19(3)16-23/h7-11,16-17,20-21H,5-6,12-15,18H2,1-4H3,(H,29,33). The van der Waals surface area contributed by atoms with E-state index >= 15 is 0 Å². The van der Waals surface area contributed by atoms with Gasteiger partial charge in [0.25, 0.3) is 0 Å². The van der Waals surface area contributed by atoms with Crippen LogP contribution in [0.1, 0.15) is 56.7 Å². The number of hydrogen-bond donors (Lipinski definition) is 1. The summed E-state index contributed by atoms with van der Waals surface area (Å²) in [5.74, 6) is 2.72. The Hall–Kier alpha value is -3.39. The van der Waals surface area contributed by atoms with Crippen molar-refractivity contribution in [1.29, 1.82) is 0 Å². The van der Waals surface area contributed by atoms with Crippen molar-refractivity contribution in [3.05, 3.63) is 59.5 Å². The number of piperidine rings is 1. The molecule has 1 N–H and O–H groups in total. The van der Waals surface area contributed by atoms with Gasteiger partial charge in [0.05, 0.1) is 25.8 Å². The third-order valence-electron chi connectivity index (χ3n) is 6.49. The Balaban J connectivity index is 1.28. The molecule has 2 aromatic carbocycles. The lowest BCUT2D eigenvalue weighted by atomic mass is 9.95. The van der Waals surface area contributed by atoms with Gasteiger partial charge in [-0.2, -0.15) is 4.98 Å². The van der Waals surface area contributed by atoms with Crippen molar-refractivity contribution in [2.24, 2.45) is 5.92 Å². The van der Waals surface area contributed by atoms with E-state index in [0.717, 1.165) is 48.4 Å². The normalized spacial score (nSPS) is 15.4. The van der Waals surface area contributed by atoms with Gasteiger partial charge in [-0.05, 0) is 77.4 Å². The van der Waals surface area contributed by atoms with E-state index in [2.05, 4.69) is 20.4 Å². The molecular weight excluding hydrogens is 456 g/mol. The zero-order valence-electron chi connectivity index (χ0n) is 21.6. The van der Waals surface area contributed by atoms with E-state index in [-0.39, 0.29) is 17.9 Å². The molecule has 192 valence electrons. The molecule has 0 saturated carbocycles. The molecule has 4 rings (SSSR count). The van der Waals surface area contributed by atoms with E-state index in [1.165, 1.54) is 0 Å². The minimum atomic E-state index is -0.121. The summed E-state index contributed by atoms with van der Waals surface area (Å²) in [6.45, 7) is 11.3. The van der Waals surface area contributed by atoms with E-state index in [0.29, 0.717) is 37.2 Å². The molecule has 1 aliphatic heterocycles. The summed E-state index contributed by atoms with van der Waals surface area (Å²) in [6.07, 6.45) is 1.59. The van der Waals surface area contributed by atoms with Crippen LogP contribution in [0.5, 0.6) is 11.5 Å². The van der Waals surface area contributed by atoms with Crippen LogP contribution in [-0.2, 0) is 11.3 Å². The highest BCUT2D eigenvalue weighted by Gasteiger charge is 2.27. The Morgan fingerprint density at radius 3 is 2.58 bits per heavy atom. The van der Waals surface area contributed by atoms with Crippen LogP contribution in [0.25, 0.3) is 11.4 Å². The fourth-order valence-corrected chi connectivity index (χ4v) is 4.52. The van der Waals surface area contributed by atoms with Gasteiger partial charge in [0.2, 0.25) is 17.6 Å². The molecule has 1 aliphatic rings. The lowest BCUT2D eigenvalue weighted by Crippen LogP contribution is -2.40. The maximum Gasteiger partial charge on any atom is 0.241 e. The second-order valence-electron chi connectivity index (χ2n) is 9.23. The predicted octanol–water partition coefficient (Wildman–Crippen LogP) is 4.93. The van der Waals surface area contributed by atoms with Crippen molar-refractivity contribution < 1.29 is 18.8 Å². The first-order chi connectivity index (χ1) is 17.5. The minimum absolute atomic E-state index is 0.0108. The van der Waals surface area contributed by atoms with E-state index in [9.17, 15) is 4.79 Å². The second-order valence-corrected chi connectivity index (χ2v) is 9.23. The highest BCUT2D eigenvalue weighted by molar-refractivity contribution is 5.79. The van der Waals surface area contributed by atoms with Crippen molar-refractivity contribution in [3.8, 4) is 22.9 Å². The van der Waals surface area contributed by atoms with Gasteiger partial charge < -0.3 is 19.3 Å². The predicted molar refractivity (Wildman–Crippen MR) is 138 cm³/mol. The first-order valence-electron chi connectivity index (χ1n) is 12.8. The fraction of sp³-hybridized carbons (Fsp3) is 0.464. The van der Waals surface area contributed by atoms with Crippen LogP contribution in [0, 0.1) is 12.8 Å². The van der Waals surface area contributed by atoms with E-state index in [1.807, 2.05) is 70.2 Å². The Bertz CT molecular complexity index is 1150. The quantitative estimate of drug-likeness (QED) is 0.429. The number of amides is 1. The number of carbonyl (C=O) groups is 1. The van der Waals surface area contributed by atoms with E-state index < -0.39 is 0 Å². The van der Waals surface area contributed by atoms with Gasteiger partial charge in [-0.25, -0.2) is 0 Å². The molecule has 1 saturated heterocycles. The van der Waals surface area contributed by atoms with Gasteiger partial charge in [0.1, 0.15) is 0 Å². The van der Waals surface area contributed by atoms with Crippen LogP contribution in [-0.4, -0.2) is 47.3 Å². The summed E-state index contributed by atoms with van der Waals surface area (Å²) in [6, 6.07) is 13.8. The molecule has 8 nitrogen and oxygen atoms in total. The number of nitrogens with one attached hydrogen (secondary N) is 1. The largest absolute Gasteiger partial charge is 0.490 e. The molecule has 0 radical (unpaired) electrons. The Morgan fingerprint density at radius 1 is 1.11 bits per heavy atom. The first-order valence-corrected chi connectivity index (χ1v) is 12.8. The number of aromatic nitrogens is 2. The first kappa shape index (κ1) is 25.7. The third-order valence-corrected chi connectivity index (χ3v) is 6.49. The van der Waals surface area contributed by atoms with Crippen LogP contribution in [0.3, 0.4) is 0 Å². The average molecular weight is 493 g/mol. The lowest BCUT2D eigenvalue weighted by molar-refractivity contribution is -0.127. The number of rotatable bonds is 10. The third kappa shape index (κ3) is 6.43. The summed E-state index contributed by atoms with van der Waals surface area (Å²) in [5.41, 5.74) is 3.11. The number of hydrogen-bond acceptors (Lipinski definition) is 7. The van der Waals surface area contributed by atoms with Gasteiger partial charge in [-0.15, -0.1) is 0 Å². The number of likely N-dealkylation sites (tertiary alicyclic amines) is 1. The van der Waals surface area contributed by atoms with Gasteiger partial charge in [0.15, 0.2) is 11.5 Å². The van der Waals surface area contributed by atoms with Crippen molar-refractivity contribution in [1.82, 2.24) is 20.4 Å². The number of aryl methyl sites for hydroxylation is 1. The second kappa shape index (κ2) is 12.0. The van der Waals surface area contributed by atoms with Crippen molar-refractivity contribution in [2.45, 2.75) is 53.1 Å². The summed E-state index contributed by atoms with van der Waals surface area (Å²) >= 11 is 0. The van der Waals surface area contributed by atoms with Crippen molar-refractivity contribution in [2.75, 3.05) is 26.3 Å². The molecule has 0 spiro atoms. The molecule has 1 fully saturated rings. The molecule has 0 bridgehead atoms. The summed E-state index contributed by atoms with van der Waals surface area (Å²) in [4.78, 5) is 19.8. The molecule has 1 unspecified atom stereocenters. The Morgan fingerprint density at radius 2 is 1.86 bits per heavy atom. The Labute approximate surface area is 213 Å². The number of ether oxygens (including phenoxy) is 2. The summed E-state index contributed by atoms with van der Waals surface area (Å²) in [5, 5.41) is 7.32. The van der Waals surface area contributed by atoms with Crippen LogP contribution < -0.4 is 14.8 Å². The van der Waals surface area contributed by atoms with Gasteiger partial charge >= 0.3 is 0 Å². The van der Waals surface area contributed by atoms with E-state index in [1.54, 1.807) is 0 Å². The summed E-state index contributed by atoms with van der Waals surface area (Å²) in [7, 11) is 0. The van der Waals surface area contributed by atoms with Crippen LogP contribution in [0.4, 0.5) is 0 Å². The monoisotopic (exact) mass is 492 g/mol. The van der Waals surface area contributed by atoms with Crippen LogP contribution >= 0.6 is 0 Å². The highest BCUT2D eigenvalue weighted by atomic mass is 16.5. The zero-order valence-corrected chi connectivity index (χ0v) is 21.6. The molecule has 0 aliphatic carbocycles. The molecule has 1 atom stereocenters. The molecule has 2 heterocycles. The topological polar surface area (TPSA) is 89.7 Å². The maximum absolute atomic E-state index is 13.0. The lowest BCUT2D eigenvalue weighted by Gasteiger charge is -2.31. The SMILES string of the molecule is CCOc1ccc(C(C)NC(=O)C2CCN(Cc3nc(-c4cccc(C)c4)no3)CC2)cc1OCC. The highest BCUT2D eigenvalue weighted by Crippen LogP contribution is 2.31. The number of benzene rings is 2. The van der Waals surface area contributed by atoms with Gasteiger partial charge in [-0.1, -0.05) is 35.0 Å². The fourth-order valence-electron chi connectivity index (χ4n) is 4.52. The van der Waals surface area contributed by atoms with Crippen molar-refractivity contribution >= 4 is 5.91 Å². The van der Waals surface area contributed by atoms with E-state index in [4.69, 9.17) is 14.0 Å². The van der Waals surface area contributed by atoms with Crippen LogP contribution in [0.2, 0.25) is 0 Å².